The fourth-order valence-corrected chi connectivity index (χ4v) is 1.47. The molecular weight excluding hydrogens is 168 g/mol. The van der Waals surface area contributed by atoms with E-state index in [9.17, 15) is 10.0 Å². The highest BCUT2D eigenvalue weighted by molar-refractivity contribution is 5.71. The number of carbonyl (C=O) groups excluding carboxylic acids is 1. The molecule has 0 atom stereocenters. The largest absolute Gasteiger partial charge is 0.785 e. The number of fused-ring (bicyclic) bond motifs is 1. The van der Waals surface area contributed by atoms with Crippen molar-refractivity contribution >= 4 is 6.29 Å². The summed E-state index contributed by atoms with van der Waals surface area (Å²) < 4.78 is 0. The second kappa shape index (κ2) is 3.24. The van der Waals surface area contributed by atoms with Crippen molar-refractivity contribution in [3.05, 3.63) is 34.3 Å². The minimum absolute atomic E-state index is 0.303. The van der Waals surface area contributed by atoms with Gasteiger partial charge >= 0.3 is 0 Å². The first-order valence-corrected chi connectivity index (χ1v) is 4.15. The SMILES string of the molecule is O=Cc1ccc2c(n1)CN([O-])CC2. The Morgan fingerprint density at radius 3 is 3.15 bits per heavy atom. The predicted molar refractivity (Wildman–Crippen MR) is 47.1 cm³/mol. The Hall–Kier alpha value is -1.26. The monoisotopic (exact) mass is 177 g/mol. The van der Waals surface area contributed by atoms with E-state index in [0.29, 0.717) is 25.1 Å². The molecule has 0 N–H and O–H groups in total. The zero-order chi connectivity index (χ0) is 9.26. The maximum atomic E-state index is 11.0. The van der Waals surface area contributed by atoms with Gasteiger partial charge in [0.05, 0.1) is 5.69 Å². The molecule has 1 aromatic heterocycles. The van der Waals surface area contributed by atoms with Crippen LogP contribution >= 0.6 is 0 Å². The van der Waals surface area contributed by atoms with Crippen molar-refractivity contribution in [2.45, 2.75) is 13.0 Å². The summed E-state index contributed by atoms with van der Waals surface area (Å²) in [6.07, 6.45) is 1.43. The zero-order valence-corrected chi connectivity index (χ0v) is 7.06. The average Bonchev–Trinajstić information content (AvgIpc) is 2.16. The summed E-state index contributed by atoms with van der Waals surface area (Å²) in [4.78, 5) is 14.5. The number of aromatic nitrogens is 1. The number of nitrogens with zero attached hydrogens (tertiary/aromatic N) is 2. The lowest BCUT2D eigenvalue weighted by Crippen LogP contribution is -2.26. The van der Waals surface area contributed by atoms with Crippen LogP contribution in [0, 0.1) is 5.21 Å². The minimum Gasteiger partial charge on any atom is -0.785 e. The minimum atomic E-state index is 0.303. The van der Waals surface area contributed by atoms with Gasteiger partial charge in [-0.1, -0.05) is 6.07 Å². The van der Waals surface area contributed by atoms with Crippen LogP contribution < -0.4 is 0 Å². The molecule has 4 nitrogen and oxygen atoms in total. The van der Waals surface area contributed by atoms with Gasteiger partial charge in [0.25, 0.3) is 0 Å². The van der Waals surface area contributed by atoms with Crippen molar-refractivity contribution in [3.63, 3.8) is 0 Å². The fourth-order valence-electron chi connectivity index (χ4n) is 1.47. The Balaban J connectivity index is 2.38. The van der Waals surface area contributed by atoms with Gasteiger partial charge in [-0.2, -0.15) is 0 Å². The highest BCUT2D eigenvalue weighted by Crippen LogP contribution is 2.15. The first kappa shape index (κ1) is 8.34. The summed E-state index contributed by atoms with van der Waals surface area (Å²) in [7, 11) is 0. The van der Waals surface area contributed by atoms with Gasteiger partial charge in [-0.15, -0.1) is 0 Å². The Labute approximate surface area is 75.8 Å². The van der Waals surface area contributed by atoms with Gasteiger partial charge in [0.1, 0.15) is 5.69 Å². The van der Waals surface area contributed by atoms with Crippen LogP contribution in [0.5, 0.6) is 0 Å². The maximum Gasteiger partial charge on any atom is 0.168 e. The number of pyridine rings is 1. The summed E-state index contributed by atoms with van der Waals surface area (Å²) in [5, 5.41) is 12.0. The number of hydroxylamine groups is 2. The molecule has 0 radical (unpaired) electrons. The maximum absolute atomic E-state index is 11.0. The van der Waals surface area contributed by atoms with E-state index in [0.717, 1.165) is 22.7 Å². The molecule has 68 valence electrons. The van der Waals surface area contributed by atoms with Crippen molar-refractivity contribution in [2.75, 3.05) is 6.54 Å². The Morgan fingerprint density at radius 1 is 1.54 bits per heavy atom. The van der Waals surface area contributed by atoms with Crippen LogP contribution in [0.4, 0.5) is 0 Å². The molecule has 0 bridgehead atoms. The van der Waals surface area contributed by atoms with Gasteiger partial charge in [-0.3, -0.25) is 4.79 Å². The molecule has 0 amide bonds. The molecule has 0 saturated heterocycles. The molecule has 1 aliphatic heterocycles. The summed E-state index contributed by atoms with van der Waals surface area (Å²) in [6, 6.07) is 3.56. The predicted octanol–water partition coefficient (Wildman–Crippen LogP) is 0.750. The van der Waals surface area contributed by atoms with E-state index in [1.807, 2.05) is 6.07 Å². The molecule has 4 heteroatoms. The third kappa shape index (κ3) is 1.59. The van der Waals surface area contributed by atoms with Crippen LogP contribution in [0.3, 0.4) is 0 Å². The third-order valence-electron chi connectivity index (χ3n) is 2.17. The lowest BCUT2D eigenvalue weighted by molar-refractivity contribution is 0.111. The number of hydrogen-bond acceptors (Lipinski definition) is 4. The molecule has 13 heavy (non-hydrogen) atoms. The van der Waals surface area contributed by atoms with Crippen LogP contribution in [-0.4, -0.2) is 22.9 Å². The number of aldehydes is 1. The van der Waals surface area contributed by atoms with Crippen molar-refractivity contribution in [1.29, 1.82) is 0 Å². The van der Waals surface area contributed by atoms with Gasteiger partial charge < -0.3 is 10.3 Å². The molecule has 0 saturated carbocycles. The topological polar surface area (TPSA) is 56.3 Å². The van der Waals surface area contributed by atoms with E-state index >= 15 is 0 Å². The Bertz CT molecular complexity index is 338. The molecule has 0 aromatic carbocycles. The first-order chi connectivity index (χ1) is 6.29. The molecule has 0 spiro atoms. The van der Waals surface area contributed by atoms with E-state index in [4.69, 9.17) is 0 Å². The van der Waals surface area contributed by atoms with Crippen LogP contribution in [0.15, 0.2) is 12.1 Å². The van der Waals surface area contributed by atoms with Crippen LogP contribution in [0.2, 0.25) is 0 Å². The highest BCUT2D eigenvalue weighted by Gasteiger charge is 2.11. The quantitative estimate of drug-likeness (QED) is 0.594. The number of carbonyl (C=O) groups is 1. The van der Waals surface area contributed by atoms with E-state index < -0.39 is 0 Å². The van der Waals surface area contributed by atoms with E-state index in [1.54, 1.807) is 6.07 Å². The normalized spacial score (nSPS) is 16.7. The molecule has 1 aromatic rings. The van der Waals surface area contributed by atoms with Crippen molar-refractivity contribution in [3.8, 4) is 0 Å². The van der Waals surface area contributed by atoms with Crippen LogP contribution in [-0.2, 0) is 13.0 Å². The third-order valence-corrected chi connectivity index (χ3v) is 2.17. The lowest BCUT2D eigenvalue weighted by atomic mass is 10.1. The smallest absolute Gasteiger partial charge is 0.168 e. The van der Waals surface area contributed by atoms with Gasteiger partial charge in [-0.05, 0) is 24.6 Å². The molecule has 1 aliphatic rings. The fraction of sp³-hybridized carbons (Fsp3) is 0.333. The standard InChI is InChI=1S/C9H9N2O2/c12-6-8-2-1-7-3-4-11(13)5-9(7)10-8/h1-2,6H,3-5H2/q-1. The van der Waals surface area contributed by atoms with Gasteiger partial charge in [-0.25, -0.2) is 4.98 Å². The highest BCUT2D eigenvalue weighted by atomic mass is 16.5. The molecule has 0 unspecified atom stereocenters. The van der Waals surface area contributed by atoms with Crippen LogP contribution in [0.1, 0.15) is 21.7 Å². The number of rotatable bonds is 1. The summed E-state index contributed by atoms with van der Waals surface area (Å²) in [6.45, 7) is 0.826. The molecule has 2 heterocycles. The number of hydrogen-bond donors (Lipinski definition) is 0. The zero-order valence-electron chi connectivity index (χ0n) is 7.06. The second-order valence-corrected chi connectivity index (χ2v) is 3.07. The summed E-state index contributed by atoms with van der Waals surface area (Å²) in [5.41, 5.74) is 2.22. The molecule has 0 aliphatic carbocycles. The molecule has 2 rings (SSSR count). The van der Waals surface area contributed by atoms with Crippen molar-refractivity contribution in [2.24, 2.45) is 0 Å². The van der Waals surface area contributed by atoms with E-state index in [2.05, 4.69) is 4.98 Å². The lowest BCUT2D eigenvalue weighted by Gasteiger charge is -2.32. The average molecular weight is 177 g/mol. The van der Waals surface area contributed by atoms with Crippen molar-refractivity contribution in [1.82, 2.24) is 10.0 Å². The molecular formula is C9H9N2O2-. The van der Waals surface area contributed by atoms with Crippen LogP contribution in [0.25, 0.3) is 0 Å². The van der Waals surface area contributed by atoms with Gasteiger partial charge in [0, 0.05) is 6.54 Å². The molecule has 0 fully saturated rings. The second-order valence-electron chi connectivity index (χ2n) is 3.07. The Kier molecular flexibility index (Phi) is 2.08. The van der Waals surface area contributed by atoms with Crippen molar-refractivity contribution < 1.29 is 4.79 Å². The van der Waals surface area contributed by atoms with Gasteiger partial charge in [0.2, 0.25) is 0 Å². The van der Waals surface area contributed by atoms with E-state index in [1.165, 1.54) is 0 Å². The summed E-state index contributed by atoms with van der Waals surface area (Å²) >= 11 is 0. The summed E-state index contributed by atoms with van der Waals surface area (Å²) in [5.74, 6) is 0. The van der Waals surface area contributed by atoms with E-state index in [-0.39, 0.29) is 0 Å². The van der Waals surface area contributed by atoms with Gasteiger partial charge in [0.15, 0.2) is 6.29 Å². The Morgan fingerprint density at radius 2 is 2.38 bits per heavy atom. The first-order valence-electron chi connectivity index (χ1n) is 4.15.